The molecule has 1 rings (SSSR count). The van der Waals surface area contributed by atoms with E-state index in [9.17, 15) is 4.79 Å². The fraction of sp³-hybridized carbons (Fsp3) is 0.222. The second kappa shape index (κ2) is 4.18. The van der Waals surface area contributed by atoms with Crippen molar-refractivity contribution in [2.24, 2.45) is 0 Å². The quantitative estimate of drug-likeness (QED) is 0.594. The second-order valence-electron chi connectivity index (χ2n) is 2.39. The van der Waals surface area contributed by atoms with Gasteiger partial charge in [0.1, 0.15) is 6.29 Å². The smallest absolute Gasteiger partial charge is 0.174 e. The molecule has 0 N–H and O–H groups in total. The van der Waals surface area contributed by atoms with E-state index < -0.39 is 0 Å². The van der Waals surface area contributed by atoms with Crippen LogP contribution in [0.3, 0.4) is 0 Å². The zero-order valence-electron chi connectivity index (χ0n) is 7.40. The van der Waals surface area contributed by atoms with E-state index in [0.717, 1.165) is 6.29 Å². The summed E-state index contributed by atoms with van der Waals surface area (Å²) >= 11 is 4.16. The molecule has 1 aromatic rings. The maximum atomic E-state index is 10.5. The van der Waals surface area contributed by atoms with Gasteiger partial charge < -0.3 is 9.47 Å². The molecule has 0 atom stereocenters. The summed E-state index contributed by atoms with van der Waals surface area (Å²) in [7, 11) is 3.04. The van der Waals surface area contributed by atoms with E-state index in [1.807, 2.05) is 0 Å². The van der Waals surface area contributed by atoms with Gasteiger partial charge in [-0.05, 0) is 12.1 Å². The molecule has 0 fully saturated rings. The van der Waals surface area contributed by atoms with E-state index in [1.54, 1.807) is 12.1 Å². The van der Waals surface area contributed by atoms with Crippen LogP contribution in [0.4, 0.5) is 0 Å². The number of hydrogen-bond acceptors (Lipinski definition) is 4. The highest BCUT2D eigenvalue weighted by Crippen LogP contribution is 2.34. The lowest BCUT2D eigenvalue weighted by Gasteiger charge is -2.09. The number of hydrogen-bond donors (Lipinski definition) is 1. The number of thiol groups is 1. The van der Waals surface area contributed by atoms with Gasteiger partial charge in [0.05, 0.1) is 19.1 Å². The van der Waals surface area contributed by atoms with Crippen molar-refractivity contribution < 1.29 is 14.3 Å². The summed E-state index contributed by atoms with van der Waals surface area (Å²) in [6.07, 6.45) is 0.738. The number of rotatable bonds is 3. The Labute approximate surface area is 82.1 Å². The lowest BCUT2D eigenvalue weighted by molar-refractivity contribution is 0.112. The zero-order chi connectivity index (χ0) is 9.84. The summed E-state index contributed by atoms with van der Waals surface area (Å²) < 4.78 is 10.1. The van der Waals surface area contributed by atoms with Gasteiger partial charge in [-0.2, -0.15) is 0 Å². The number of benzene rings is 1. The van der Waals surface area contributed by atoms with Crippen molar-refractivity contribution >= 4 is 18.9 Å². The van der Waals surface area contributed by atoms with Crippen molar-refractivity contribution in [3.05, 3.63) is 17.7 Å². The van der Waals surface area contributed by atoms with E-state index in [0.29, 0.717) is 22.0 Å². The molecule has 0 saturated carbocycles. The highest BCUT2D eigenvalue weighted by Gasteiger charge is 2.08. The number of aldehydes is 1. The van der Waals surface area contributed by atoms with Gasteiger partial charge in [-0.25, -0.2) is 0 Å². The average molecular weight is 198 g/mol. The predicted octanol–water partition coefficient (Wildman–Crippen LogP) is 1.80. The van der Waals surface area contributed by atoms with Crippen molar-refractivity contribution in [3.63, 3.8) is 0 Å². The van der Waals surface area contributed by atoms with Crippen LogP contribution in [0.15, 0.2) is 17.0 Å². The normalized spacial score (nSPS) is 9.46. The van der Waals surface area contributed by atoms with E-state index >= 15 is 0 Å². The zero-order valence-corrected chi connectivity index (χ0v) is 8.30. The fourth-order valence-corrected chi connectivity index (χ4v) is 1.38. The number of methoxy groups -OCH3 is 2. The van der Waals surface area contributed by atoms with Crippen LogP contribution in [-0.2, 0) is 0 Å². The van der Waals surface area contributed by atoms with E-state index in [2.05, 4.69) is 12.6 Å². The Hall–Kier alpha value is -1.16. The summed E-state index contributed by atoms with van der Waals surface area (Å²) in [5, 5.41) is 0. The molecule has 0 aliphatic rings. The first kappa shape index (κ1) is 9.92. The molecular weight excluding hydrogens is 188 g/mol. The molecule has 0 aliphatic heterocycles. The molecule has 4 heteroatoms. The highest BCUT2D eigenvalue weighted by atomic mass is 32.1. The molecule has 0 unspecified atom stereocenters. The van der Waals surface area contributed by atoms with E-state index in [4.69, 9.17) is 9.47 Å². The Kier molecular flexibility index (Phi) is 3.19. The monoisotopic (exact) mass is 198 g/mol. The van der Waals surface area contributed by atoms with Crippen LogP contribution >= 0.6 is 12.6 Å². The largest absolute Gasteiger partial charge is 0.493 e. The Morgan fingerprint density at radius 2 is 2.00 bits per heavy atom. The molecule has 1 aromatic carbocycles. The molecular formula is C9H10O3S. The summed E-state index contributed by atoms with van der Waals surface area (Å²) in [5.74, 6) is 1.05. The Balaban J connectivity index is 3.28. The number of ether oxygens (including phenoxy) is 2. The van der Waals surface area contributed by atoms with Crippen LogP contribution in [0.2, 0.25) is 0 Å². The molecule has 0 amide bonds. The molecule has 0 aromatic heterocycles. The molecule has 3 nitrogen and oxygen atoms in total. The van der Waals surface area contributed by atoms with Crippen LogP contribution in [-0.4, -0.2) is 20.5 Å². The van der Waals surface area contributed by atoms with Gasteiger partial charge in [-0.1, -0.05) is 0 Å². The minimum Gasteiger partial charge on any atom is -0.493 e. The van der Waals surface area contributed by atoms with Crippen molar-refractivity contribution in [2.75, 3.05) is 14.2 Å². The van der Waals surface area contributed by atoms with Crippen LogP contribution < -0.4 is 9.47 Å². The topological polar surface area (TPSA) is 35.5 Å². The second-order valence-corrected chi connectivity index (χ2v) is 2.88. The van der Waals surface area contributed by atoms with Crippen LogP contribution in [0.5, 0.6) is 11.5 Å². The summed E-state index contributed by atoms with van der Waals surface area (Å²) in [6, 6.07) is 3.23. The fourth-order valence-electron chi connectivity index (χ4n) is 1.03. The Morgan fingerprint density at radius 1 is 1.31 bits per heavy atom. The molecule has 0 spiro atoms. The maximum absolute atomic E-state index is 10.5. The van der Waals surface area contributed by atoms with E-state index in [-0.39, 0.29) is 0 Å². The van der Waals surface area contributed by atoms with Crippen LogP contribution in [0.1, 0.15) is 10.4 Å². The first-order valence-electron chi connectivity index (χ1n) is 3.63. The average Bonchev–Trinajstić information content (AvgIpc) is 2.16. The van der Waals surface area contributed by atoms with Crippen LogP contribution in [0, 0.1) is 0 Å². The highest BCUT2D eigenvalue weighted by molar-refractivity contribution is 7.80. The molecule has 0 radical (unpaired) electrons. The van der Waals surface area contributed by atoms with E-state index in [1.165, 1.54) is 14.2 Å². The molecule has 70 valence electrons. The van der Waals surface area contributed by atoms with Gasteiger partial charge in [0.15, 0.2) is 11.5 Å². The first-order chi connectivity index (χ1) is 6.22. The van der Waals surface area contributed by atoms with Crippen molar-refractivity contribution in [2.45, 2.75) is 4.90 Å². The van der Waals surface area contributed by atoms with Crippen molar-refractivity contribution in [1.29, 1.82) is 0 Å². The summed E-state index contributed by atoms with van der Waals surface area (Å²) in [6.45, 7) is 0. The van der Waals surface area contributed by atoms with Gasteiger partial charge in [0.25, 0.3) is 0 Å². The lowest BCUT2D eigenvalue weighted by Crippen LogP contribution is -1.93. The Morgan fingerprint density at radius 3 is 2.46 bits per heavy atom. The van der Waals surface area contributed by atoms with Gasteiger partial charge >= 0.3 is 0 Å². The van der Waals surface area contributed by atoms with Gasteiger partial charge in [0.2, 0.25) is 0 Å². The van der Waals surface area contributed by atoms with Gasteiger partial charge in [-0.15, -0.1) is 12.6 Å². The summed E-state index contributed by atoms with van der Waals surface area (Å²) in [5.41, 5.74) is 0.516. The van der Waals surface area contributed by atoms with Crippen LogP contribution in [0.25, 0.3) is 0 Å². The third-order valence-corrected chi connectivity index (χ3v) is 1.95. The Bertz CT molecular complexity index is 323. The lowest BCUT2D eigenvalue weighted by atomic mass is 10.2. The minimum absolute atomic E-state index is 0.511. The molecule has 0 saturated heterocycles. The third kappa shape index (κ3) is 1.95. The number of carbonyl (C=O) groups excluding carboxylic acids is 1. The molecule has 0 aliphatic carbocycles. The maximum Gasteiger partial charge on any atom is 0.174 e. The predicted molar refractivity (Wildman–Crippen MR) is 52.2 cm³/mol. The first-order valence-corrected chi connectivity index (χ1v) is 4.07. The molecule has 0 bridgehead atoms. The van der Waals surface area contributed by atoms with Gasteiger partial charge in [0, 0.05) is 5.56 Å². The van der Waals surface area contributed by atoms with Crippen molar-refractivity contribution in [1.82, 2.24) is 0 Å². The summed E-state index contributed by atoms with van der Waals surface area (Å²) in [4.78, 5) is 11.1. The molecule has 0 heterocycles. The van der Waals surface area contributed by atoms with Gasteiger partial charge in [-0.3, -0.25) is 4.79 Å². The minimum atomic E-state index is 0.511. The molecule has 13 heavy (non-hydrogen) atoms. The number of carbonyl (C=O) groups is 1. The third-order valence-electron chi connectivity index (χ3n) is 1.62. The standard InChI is InChI=1S/C9H10O3S/c1-11-7-3-6(5-10)4-8(13)9(7)12-2/h3-5,13H,1-2H3. The SMILES string of the molecule is COc1cc(C=O)cc(S)c1OC. The van der Waals surface area contributed by atoms with Crippen molar-refractivity contribution in [3.8, 4) is 11.5 Å².